The number of thiocarbonyl (C=S) groups is 1. The van der Waals surface area contributed by atoms with Gasteiger partial charge in [-0.2, -0.15) is 0 Å². The quantitative estimate of drug-likeness (QED) is 0.644. The van der Waals surface area contributed by atoms with E-state index in [1.54, 1.807) is 0 Å². The van der Waals surface area contributed by atoms with E-state index in [0.29, 0.717) is 11.2 Å². The van der Waals surface area contributed by atoms with Gasteiger partial charge in [0, 0.05) is 30.5 Å². The summed E-state index contributed by atoms with van der Waals surface area (Å²) in [5.74, 6) is 0.787. The Morgan fingerprint density at radius 2 is 2.08 bits per heavy atom. The van der Waals surface area contributed by atoms with Gasteiger partial charge in [0.25, 0.3) is 0 Å². The van der Waals surface area contributed by atoms with E-state index >= 15 is 0 Å². The zero-order valence-corrected chi connectivity index (χ0v) is 15.1. The molecule has 0 spiro atoms. The second kappa shape index (κ2) is 7.62. The Bertz CT molecular complexity index is 716. The molecule has 1 aromatic heterocycles. The number of fused-ring (bicyclic) bond motifs is 1. The molecule has 1 aliphatic rings. The van der Waals surface area contributed by atoms with Gasteiger partial charge >= 0.3 is 0 Å². The number of hydrogen-bond acceptors (Lipinski definition) is 3. The normalized spacial score (nSPS) is 15.9. The molecule has 0 bridgehead atoms. The zero-order chi connectivity index (χ0) is 16.9. The Labute approximate surface area is 149 Å². The van der Waals surface area contributed by atoms with Crippen molar-refractivity contribution in [3.05, 3.63) is 53.7 Å². The highest BCUT2D eigenvalue weighted by molar-refractivity contribution is 7.80. The summed E-state index contributed by atoms with van der Waals surface area (Å²) in [6.45, 7) is 6.15. The molecule has 0 unspecified atom stereocenters. The third kappa shape index (κ3) is 4.03. The fraction of sp³-hybridized carbons (Fsp3) is 0.368. The van der Waals surface area contributed by atoms with E-state index < -0.39 is 0 Å². The van der Waals surface area contributed by atoms with Gasteiger partial charge < -0.3 is 15.5 Å². The predicted octanol–water partition coefficient (Wildman–Crippen LogP) is 3.52. The lowest BCUT2D eigenvalue weighted by atomic mass is 10.1. The Morgan fingerprint density at radius 1 is 1.25 bits per heavy atom. The maximum absolute atomic E-state index is 5.34. The molecule has 3 rings (SSSR count). The number of pyridine rings is 1. The molecule has 2 heterocycles. The molecular formula is C19H24N4S. The van der Waals surface area contributed by atoms with Crippen LogP contribution in [0.15, 0.2) is 42.5 Å². The number of anilines is 2. The first-order chi connectivity index (χ1) is 11.6. The first-order valence-electron chi connectivity index (χ1n) is 8.46. The number of aromatic nitrogens is 1. The first kappa shape index (κ1) is 16.7. The van der Waals surface area contributed by atoms with Crippen LogP contribution in [0.4, 0.5) is 11.5 Å². The van der Waals surface area contributed by atoms with Crippen LogP contribution < -0.4 is 15.5 Å². The molecule has 0 amide bonds. The van der Waals surface area contributed by atoms with Crippen molar-refractivity contribution in [1.29, 1.82) is 0 Å². The number of hydrogen-bond donors (Lipinski definition) is 2. The number of para-hydroxylation sites is 1. The van der Waals surface area contributed by atoms with Crippen molar-refractivity contribution in [1.82, 2.24) is 10.3 Å². The van der Waals surface area contributed by atoms with Crippen LogP contribution in [-0.2, 0) is 6.42 Å². The van der Waals surface area contributed by atoms with Gasteiger partial charge in [-0.15, -0.1) is 0 Å². The molecule has 1 atom stereocenters. The largest absolute Gasteiger partial charge is 0.368 e. The van der Waals surface area contributed by atoms with Crippen LogP contribution in [0.25, 0.3) is 0 Å². The molecule has 4 nitrogen and oxygen atoms in total. The van der Waals surface area contributed by atoms with Crippen molar-refractivity contribution in [3.8, 4) is 0 Å². The maximum atomic E-state index is 5.34. The molecule has 24 heavy (non-hydrogen) atoms. The number of rotatable bonds is 5. The Kier molecular flexibility index (Phi) is 5.30. The molecule has 2 N–H and O–H groups in total. The highest BCUT2D eigenvalue weighted by atomic mass is 32.1. The third-order valence-corrected chi connectivity index (χ3v) is 4.59. The highest BCUT2D eigenvalue weighted by Crippen LogP contribution is 2.31. The second-order valence-electron chi connectivity index (χ2n) is 6.27. The van der Waals surface area contributed by atoms with Crippen LogP contribution in [0.3, 0.4) is 0 Å². The van der Waals surface area contributed by atoms with E-state index in [-0.39, 0.29) is 0 Å². The van der Waals surface area contributed by atoms with Gasteiger partial charge in [0.15, 0.2) is 5.11 Å². The average molecular weight is 340 g/mol. The van der Waals surface area contributed by atoms with E-state index in [9.17, 15) is 0 Å². The molecule has 0 saturated heterocycles. The molecule has 1 aromatic carbocycles. The van der Waals surface area contributed by atoms with Crippen molar-refractivity contribution in [2.24, 2.45) is 0 Å². The van der Waals surface area contributed by atoms with Crippen molar-refractivity contribution >= 4 is 28.8 Å². The summed E-state index contributed by atoms with van der Waals surface area (Å²) in [7, 11) is 0. The molecule has 0 saturated carbocycles. The smallest absolute Gasteiger partial charge is 0.171 e. The fourth-order valence-electron chi connectivity index (χ4n) is 3.19. The summed E-state index contributed by atoms with van der Waals surface area (Å²) in [5, 5.41) is 7.03. The van der Waals surface area contributed by atoms with Gasteiger partial charge in [-0.1, -0.05) is 24.3 Å². The van der Waals surface area contributed by atoms with Gasteiger partial charge in [0.1, 0.15) is 5.82 Å². The van der Waals surface area contributed by atoms with Crippen LogP contribution in [0, 0.1) is 6.92 Å². The summed E-state index contributed by atoms with van der Waals surface area (Å²) in [5.41, 5.74) is 3.82. The summed E-state index contributed by atoms with van der Waals surface area (Å²) in [4.78, 5) is 6.89. The Hall–Kier alpha value is -2.14. The molecule has 1 aliphatic heterocycles. The third-order valence-electron chi connectivity index (χ3n) is 4.34. The average Bonchev–Trinajstić information content (AvgIpc) is 2.87. The van der Waals surface area contributed by atoms with Gasteiger partial charge in [-0.3, -0.25) is 0 Å². The fourth-order valence-corrected chi connectivity index (χ4v) is 3.40. The van der Waals surface area contributed by atoms with Crippen molar-refractivity contribution in [2.45, 2.75) is 32.7 Å². The maximum Gasteiger partial charge on any atom is 0.171 e. The molecule has 0 fully saturated rings. The van der Waals surface area contributed by atoms with Gasteiger partial charge in [-0.25, -0.2) is 4.98 Å². The van der Waals surface area contributed by atoms with Gasteiger partial charge in [0.2, 0.25) is 0 Å². The standard InChI is InChI=1S/C19H24N4S/c1-14-7-5-10-18(21-14)22-19(24)20-11-6-12-23-15(2)13-16-8-3-4-9-17(16)23/h3-5,7-10,15H,6,11-13H2,1-2H3,(H2,20,21,22,24)/t15-/m0/s1. The van der Waals surface area contributed by atoms with Gasteiger partial charge in [-0.05, 0) is 62.7 Å². The van der Waals surface area contributed by atoms with Crippen molar-refractivity contribution in [2.75, 3.05) is 23.3 Å². The Morgan fingerprint density at radius 3 is 2.92 bits per heavy atom. The number of aryl methyl sites for hydroxylation is 1. The molecule has 0 aliphatic carbocycles. The van der Waals surface area contributed by atoms with Crippen LogP contribution in [0.1, 0.15) is 24.6 Å². The molecule has 5 heteroatoms. The monoisotopic (exact) mass is 340 g/mol. The minimum atomic E-state index is 0.573. The van der Waals surface area contributed by atoms with Crippen LogP contribution >= 0.6 is 12.2 Å². The summed E-state index contributed by atoms with van der Waals surface area (Å²) >= 11 is 5.34. The van der Waals surface area contributed by atoms with E-state index in [1.165, 1.54) is 11.3 Å². The van der Waals surface area contributed by atoms with E-state index in [2.05, 4.69) is 51.7 Å². The SMILES string of the molecule is Cc1cccc(NC(=S)NCCCN2c3ccccc3C[C@@H]2C)n1. The lowest BCUT2D eigenvalue weighted by Gasteiger charge is -2.25. The predicted molar refractivity (Wildman–Crippen MR) is 105 cm³/mol. The van der Waals surface area contributed by atoms with Crippen molar-refractivity contribution < 1.29 is 0 Å². The van der Waals surface area contributed by atoms with Crippen LogP contribution in [-0.4, -0.2) is 29.2 Å². The zero-order valence-electron chi connectivity index (χ0n) is 14.2. The lowest BCUT2D eigenvalue weighted by Crippen LogP contribution is -2.34. The van der Waals surface area contributed by atoms with E-state index in [0.717, 1.165) is 37.4 Å². The number of benzene rings is 1. The molecular weight excluding hydrogens is 316 g/mol. The second-order valence-corrected chi connectivity index (χ2v) is 6.68. The summed E-state index contributed by atoms with van der Waals surface area (Å²) < 4.78 is 0. The summed E-state index contributed by atoms with van der Waals surface area (Å²) in [6.07, 6.45) is 2.18. The van der Waals surface area contributed by atoms with E-state index in [4.69, 9.17) is 12.2 Å². The lowest BCUT2D eigenvalue weighted by molar-refractivity contribution is 0.641. The van der Waals surface area contributed by atoms with Crippen LogP contribution in [0.5, 0.6) is 0 Å². The molecule has 126 valence electrons. The van der Waals surface area contributed by atoms with Gasteiger partial charge in [0.05, 0.1) is 0 Å². The van der Waals surface area contributed by atoms with Crippen LogP contribution in [0.2, 0.25) is 0 Å². The topological polar surface area (TPSA) is 40.2 Å². The Balaban J connectivity index is 1.43. The minimum Gasteiger partial charge on any atom is -0.368 e. The first-order valence-corrected chi connectivity index (χ1v) is 8.87. The number of nitrogens with one attached hydrogen (secondary N) is 2. The highest BCUT2D eigenvalue weighted by Gasteiger charge is 2.24. The van der Waals surface area contributed by atoms with E-state index in [1.807, 2.05) is 25.1 Å². The summed E-state index contributed by atoms with van der Waals surface area (Å²) in [6, 6.07) is 15.1. The number of nitrogens with zero attached hydrogens (tertiary/aromatic N) is 2. The minimum absolute atomic E-state index is 0.573. The molecule has 0 radical (unpaired) electrons. The molecule has 2 aromatic rings. The van der Waals surface area contributed by atoms with Crippen molar-refractivity contribution in [3.63, 3.8) is 0 Å².